The van der Waals surface area contributed by atoms with E-state index in [1.165, 1.54) is 0 Å². The largest absolute Gasteiger partial charge is 0.455 e. The summed E-state index contributed by atoms with van der Waals surface area (Å²) >= 11 is 8.40. The summed E-state index contributed by atoms with van der Waals surface area (Å²) < 4.78 is 6.50. The van der Waals surface area contributed by atoms with Crippen LogP contribution in [0.15, 0.2) is 47.2 Å². The summed E-state index contributed by atoms with van der Waals surface area (Å²) in [4.78, 5) is 4.27. The Morgan fingerprint density at radius 1 is 1.29 bits per heavy atom. The Morgan fingerprint density at radius 3 is 2.76 bits per heavy atom. The number of pyridine rings is 1. The highest BCUT2D eigenvalue weighted by atomic mass is 79.9. The van der Waals surface area contributed by atoms with Gasteiger partial charge in [0, 0.05) is 10.7 Å². The zero-order valence-corrected chi connectivity index (χ0v) is 11.2. The van der Waals surface area contributed by atoms with Gasteiger partial charge in [0.15, 0.2) is 0 Å². The third kappa shape index (κ3) is 2.81. The number of ether oxygens (including phenoxy) is 1. The van der Waals surface area contributed by atoms with E-state index in [1.807, 2.05) is 24.3 Å². The summed E-state index contributed by atoms with van der Waals surface area (Å²) in [6.07, 6.45) is 3.31. The van der Waals surface area contributed by atoms with Gasteiger partial charge in [-0.25, -0.2) is 0 Å². The first kappa shape index (κ1) is 12.0. The fraction of sp³-hybridized carbons (Fsp3) is 0. The molecular weight excluding hydrogens is 300 g/mol. The summed E-state index contributed by atoms with van der Waals surface area (Å²) in [6.45, 7) is 0. The third-order valence-electron chi connectivity index (χ3n) is 2.08. The molecule has 3 nitrogen and oxygen atoms in total. The van der Waals surface area contributed by atoms with Crippen LogP contribution in [0.2, 0.25) is 0 Å². The number of nitrogens with two attached hydrogens (primary N) is 1. The lowest BCUT2D eigenvalue weighted by atomic mass is 10.2. The van der Waals surface area contributed by atoms with E-state index in [2.05, 4.69) is 20.9 Å². The van der Waals surface area contributed by atoms with Crippen LogP contribution in [-0.2, 0) is 0 Å². The van der Waals surface area contributed by atoms with Crippen molar-refractivity contribution in [1.82, 2.24) is 4.98 Å². The lowest BCUT2D eigenvalue weighted by Crippen LogP contribution is -2.11. The minimum atomic E-state index is 0.288. The van der Waals surface area contributed by atoms with Crippen molar-refractivity contribution in [3.63, 3.8) is 0 Å². The molecule has 0 atom stereocenters. The number of thiocarbonyl (C=S) groups is 1. The molecule has 2 rings (SSSR count). The summed E-state index contributed by atoms with van der Waals surface area (Å²) in [5, 5.41) is 0. The van der Waals surface area contributed by atoms with Gasteiger partial charge in [-0.05, 0) is 40.2 Å². The number of hydrogen-bond donors (Lipinski definition) is 1. The Morgan fingerprint density at radius 2 is 2.12 bits per heavy atom. The molecule has 0 fully saturated rings. The zero-order chi connectivity index (χ0) is 12.3. The minimum Gasteiger partial charge on any atom is -0.455 e. The molecule has 17 heavy (non-hydrogen) atoms. The van der Waals surface area contributed by atoms with Crippen LogP contribution in [0.1, 0.15) is 5.56 Å². The van der Waals surface area contributed by atoms with Crippen LogP contribution in [0, 0.1) is 0 Å². The average Bonchev–Trinajstić information content (AvgIpc) is 2.30. The molecule has 86 valence electrons. The first-order valence-electron chi connectivity index (χ1n) is 4.84. The molecule has 1 aromatic carbocycles. The van der Waals surface area contributed by atoms with Crippen molar-refractivity contribution < 1.29 is 4.74 Å². The molecular formula is C12H9BrN2OS. The molecule has 0 saturated heterocycles. The van der Waals surface area contributed by atoms with Crippen LogP contribution in [0.4, 0.5) is 0 Å². The maximum absolute atomic E-state index is 5.69. The fourth-order valence-electron chi connectivity index (χ4n) is 1.36. The third-order valence-corrected chi connectivity index (χ3v) is 2.95. The summed E-state index contributed by atoms with van der Waals surface area (Å²) in [7, 11) is 0. The molecule has 5 heteroatoms. The number of nitrogens with zero attached hydrogens (tertiary/aromatic N) is 1. The van der Waals surface area contributed by atoms with E-state index >= 15 is 0 Å². The number of halogens is 1. The predicted octanol–water partition coefficient (Wildman–Crippen LogP) is 3.27. The molecule has 0 aliphatic heterocycles. The Hall–Kier alpha value is -1.46. The van der Waals surface area contributed by atoms with E-state index in [0.717, 1.165) is 4.47 Å². The Balaban J connectivity index is 2.40. The smallest absolute Gasteiger partial charge is 0.145 e. The van der Waals surface area contributed by atoms with Gasteiger partial charge in [0.2, 0.25) is 0 Å². The number of aromatic nitrogens is 1. The van der Waals surface area contributed by atoms with Crippen LogP contribution in [0.25, 0.3) is 0 Å². The van der Waals surface area contributed by atoms with E-state index in [-0.39, 0.29) is 4.99 Å². The van der Waals surface area contributed by atoms with E-state index in [9.17, 15) is 0 Å². The Kier molecular flexibility index (Phi) is 3.71. The van der Waals surface area contributed by atoms with Gasteiger partial charge in [-0.15, -0.1) is 0 Å². The van der Waals surface area contributed by atoms with Gasteiger partial charge < -0.3 is 10.5 Å². The van der Waals surface area contributed by atoms with Crippen molar-refractivity contribution in [2.24, 2.45) is 5.73 Å². The molecule has 0 unspecified atom stereocenters. The number of benzene rings is 1. The maximum atomic E-state index is 5.69. The SMILES string of the molecule is NC(=S)c1c(Br)cccc1Oc1cccnc1. The predicted molar refractivity (Wildman–Crippen MR) is 74.3 cm³/mol. The molecule has 1 heterocycles. The van der Waals surface area contributed by atoms with Crippen LogP contribution in [-0.4, -0.2) is 9.97 Å². The zero-order valence-electron chi connectivity index (χ0n) is 8.76. The van der Waals surface area contributed by atoms with Gasteiger partial charge in [-0.2, -0.15) is 0 Å². The van der Waals surface area contributed by atoms with E-state index in [0.29, 0.717) is 17.1 Å². The summed E-state index contributed by atoms with van der Waals surface area (Å²) in [6, 6.07) is 9.15. The van der Waals surface area contributed by atoms with Gasteiger partial charge in [0.05, 0.1) is 11.8 Å². The van der Waals surface area contributed by atoms with E-state index in [1.54, 1.807) is 18.5 Å². The van der Waals surface area contributed by atoms with Crippen LogP contribution in [0.5, 0.6) is 11.5 Å². The fourth-order valence-corrected chi connectivity index (χ4v) is 2.27. The average molecular weight is 309 g/mol. The summed E-state index contributed by atoms with van der Waals surface area (Å²) in [5.41, 5.74) is 6.36. The molecule has 0 spiro atoms. The molecule has 0 radical (unpaired) electrons. The van der Waals surface area contributed by atoms with Gasteiger partial charge in [0.25, 0.3) is 0 Å². The monoisotopic (exact) mass is 308 g/mol. The highest BCUT2D eigenvalue weighted by Gasteiger charge is 2.11. The highest BCUT2D eigenvalue weighted by Crippen LogP contribution is 2.30. The molecule has 0 bridgehead atoms. The van der Waals surface area contributed by atoms with Crippen molar-refractivity contribution in [1.29, 1.82) is 0 Å². The van der Waals surface area contributed by atoms with Crippen molar-refractivity contribution in [3.05, 3.63) is 52.8 Å². The van der Waals surface area contributed by atoms with Crippen molar-refractivity contribution in [2.45, 2.75) is 0 Å². The second kappa shape index (κ2) is 5.25. The standard InChI is InChI=1S/C12H9BrN2OS/c13-9-4-1-5-10(11(9)12(14)17)16-8-3-2-6-15-7-8/h1-7H,(H2,14,17). The molecule has 0 aliphatic rings. The van der Waals surface area contributed by atoms with Crippen molar-refractivity contribution in [3.8, 4) is 11.5 Å². The topological polar surface area (TPSA) is 48.1 Å². The second-order valence-corrected chi connectivity index (χ2v) is 4.56. The summed E-state index contributed by atoms with van der Waals surface area (Å²) in [5.74, 6) is 1.25. The molecule has 0 saturated carbocycles. The molecule has 2 N–H and O–H groups in total. The van der Waals surface area contributed by atoms with Gasteiger partial charge in [-0.3, -0.25) is 4.98 Å². The molecule has 0 aliphatic carbocycles. The van der Waals surface area contributed by atoms with Gasteiger partial charge in [-0.1, -0.05) is 18.3 Å². The van der Waals surface area contributed by atoms with Crippen molar-refractivity contribution in [2.75, 3.05) is 0 Å². The lowest BCUT2D eigenvalue weighted by Gasteiger charge is -2.11. The van der Waals surface area contributed by atoms with Crippen LogP contribution in [0.3, 0.4) is 0 Å². The van der Waals surface area contributed by atoms with E-state index < -0.39 is 0 Å². The maximum Gasteiger partial charge on any atom is 0.145 e. The highest BCUT2D eigenvalue weighted by molar-refractivity contribution is 9.10. The van der Waals surface area contributed by atoms with Crippen LogP contribution < -0.4 is 10.5 Å². The van der Waals surface area contributed by atoms with Gasteiger partial charge in [0.1, 0.15) is 16.5 Å². The first-order valence-corrected chi connectivity index (χ1v) is 6.05. The number of rotatable bonds is 3. The molecule has 1 aromatic heterocycles. The Labute approximate surface area is 113 Å². The molecule has 0 amide bonds. The van der Waals surface area contributed by atoms with E-state index in [4.69, 9.17) is 22.7 Å². The normalized spacial score (nSPS) is 9.94. The van der Waals surface area contributed by atoms with Crippen LogP contribution >= 0.6 is 28.1 Å². The lowest BCUT2D eigenvalue weighted by molar-refractivity contribution is 0.479. The minimum absolute atomic E-state index is 0.288. The van der Waals surface area contributed by atoms with Crippen molar-refractivity contribution >= 4 is 33.1 Å². The Bertz CT molecular complexity index is 545. The van der Waals surface area contributed by atoms with Gasteiger partial charge >= 0.3 is 0 Å². The number of hydrogen-bond acceptors (Lipinski definition) is 3. The quantitative estimate of drug-likeness (QED) is 0.884. The first-order chi connectivity index (χ1) is 8.18. The second-order valence-electron chi connectivity index (χ2n) is 3.27. The molecule has 2 aromatic rings.